The van der Waals surface area contributed by atoms with Crippen molar-refractivity contribution < 1.29 is 14.6 Å². The molecule has 1 aromatic carbocycles. The van der Waals surface area contributed by atoms with Gasteiger partial charge in [-0.2, -0.15) is 0 Å². The Kier molecular flexibility index (Phi) is 2.13. The maximum absolute atomic E-state index is 11.3. The van der Waals surface area contributed by atoms with Crippen LogP contribution in [0.2, 0.25) is 0 Å². The Morgan fingerprint density at radius 1 is 1.57 bits per heavy atom. The summed E-state index contributed by atoms with van der Waals surface area (Å²) >= 11 is 0. The molecule has 1 aliphatic heterocycles. The van der Waals surface area contributed by atoms with Crippen molar-refractivity contribution in [3.8, 4) is 5.75 Å². The number of methoxy groups -OCH3 is 1. The largest absolute Gasteiger partial charge is 0.496 e. The molecule has 4 heteroatoms. The second kappa shape index (κ2) is 3.31. The van der Waals surface area contributed by atoms with Crippen LogP contribution in [0.15, 0.2) is 12.1 Å². The normalized spacial score (nSPS) is 13.7. The van der Waals surface area contributed by atoms with E-state index < -0.39 is 0 Å². The molecule has 2 N–H and O–H groups in total. The molecule has 0 unspecified atom stereocenters. The van der Waals surface area contributed by atoms with Crippen molar-refractivity contribution in [3.05, 3.63) is 28.8 Å². The van der Waals surface area contributed by atoms with Gasteiger partial charge in [0.25, 0.3) is 5.91 Å². The monoisotopic (exact) mass is 193 g/mol. The van der Waals surface area contributed by atoms with Crippen LogP contribution in [-0.4, -0.2) is 18.1 Å². The third kappa shape index (κ3) is 1.24. The summed E-state index contributed by atoms with van der Waals surface area (Å²) < 4.78 is 5.10. The first-order chi connectivity index (χ1) is 6.76. The lowest BCUT2D eigenvalue weighted by atomic mass is 10.1. The summed E-state index contributed by atoms with van der Waals surface area (Å²) in [4.78, 5) is 11.3. The molecule has 74 valence electrons. The van der Waals surface area contributed by atoms with Crippen molar-refractivity contribution in [2.24, 2.45) is 0 Å². The van der Waals surface area contributed by atoms with Gasteiger partial charge in [0.15, 0.2) is 0 Å². The molecule has 1 aliphatic rings. The van der Waals surface area contributed by atoms with E-state index in [1.807, 2.05) is 0 Å². The summed E-state index contributed by atoms with van der Waals surface area (Å²) in [6, 6.07) is 3.47. The van der Waals surface area contributed by atoms with E-state index in [4.69, 9.17) is 9.84 Å². The summed E-state index contributed by atoms with van der Waals surface area (Å²) in [7, 11) is 1.55. The number of hydrogen-bond donors (Lipinski definition) is 2. The molecule has 14 heavy (non-hydrogen) atoms. The highest BCUT2D eigenvalue weighted by molar-refractivity contribution is 5.98. The van der Waals surface area contributed by atoms with Gasteiger partial charge in [0, 0.05) is 17.7 Å². The number of hydrogen-bond acceptors (Lipinski definition) is 3. The van der Waals surface area contributed by atoms with Crippen LogP contribution in [-0.2, 0) is 13.2 Å². The fourth-order valence-corrected chi connectivity index (χ4v) is 1.61. The summed E-state index contributed by atoms with van der Waals surface area (Å²) in [6.07, 6.45) is 0. The molecule has 0 atom stereocenters. The van der Waals surface area contributed by atoms with E-state index in [0.717, 1.165) is 5.56 Å². The van der Waals surface area contributed by atoms with E-state index in [2.05, 4.69) is 5.32 Å². The molecule has 0 spiro atoms. The molecular weight excluding hydrogens is 182 g/mol. The number of ether oxygens (including phenoxy) is 1. The molecule has 1 heterocycles. The minimum Gasteiger partial charge on any atom is -0.496 e. The molecule has 1 aromatic rings. The van der Waals surface area contributed by atoms with Crippen molar-refractivity contribution in [1.29, 1.82) is 0 Å². The molecule has 1 amide bonds. The number of carbonyl (C=O) groups excluding carboxylic acids is 1. The standard InChI is InChI=1S/C10H11NO3/c1-14-9-3-6-4-11-10(13)8(6)2-7(9)5-12/h2-3,12H,4-5H2,1H3,(H,11,13). The molecule has 0 aliphatic carbocycles. The number of carbonyl (C=O) groups is 1. The lowest BCUT2D eigenvalue weighted by molar-refractivity contribution is 0.0965. The maximum Gasteiger partial charge on any atom is 0.251 e. The van der Waals surface area contributed by atoms with Gasteiger partial charge in [0.05, 0.1) is 13.7 Å². The van der Waals surface area contributed by atoms with Crippen molar-refractivity contribution in [3.63, 3.8) is 0 Å². The van der Waals surface area contributed by atoms with Crippen molar-refractivity contribution in [2.75, 3.05) is 7.11 Å². The van der Waals surface area contributed by atoms with E-state index in [1.165, 1.54) is 0 Å². The average molecular weight is 193 g/mol. The third-order valence-corrected chi connectivity index (χ3v) is 2.36. The zero-order valence-electron chi connectivity index (χ0n) is 7.83. The van der Waals surface area contributed by atoms with Crippen molar-refractivity contribution in [2.45, 2.75) is 13.2 Å². The molecule has 0 aromatic heterocycles. The zero-order chi connectivity index (χ0) is 10.1. The molecule has 4 nitrogen and oxygen atoms in total. The molecule has 0 radical (unpaired) electrons. The van der Waals surface area contributed by atoms with Crippen LogP contribution in [0.3, 0.4) is 0 Å². The van der Waals surface area contributed by atoms with E-state index in [0.29, 0.717) is 23.4 Å². The van der Waals surface area contributed by atoms with Crippen LogP contribution < -0.4 is 10.1 Å². The predicted molar refractivity (Wildman–Crippen MR) is 50.1 cm³/mol. The van der Waals surface area contributed by atoms with Crippen LogP contribution in [0.25, 0.3) is 0 Å². The second-order valence-corrected chi connectivity index (χ2v) is 3.16. The number of aliphatic hydroxyl groups excluding tert-OH is 1. The summed E-state index contributed by atoms with van der Waals surface area (Å²) in [5.74, 6) is 0.542. The fraction of sp³-hybridized carbons (Fsp3) is 0.300. The van der Waals surface area contributed by atoms with Gasteiger partial charge in [-0.15, -0.1) is 0 Å². The summed E-state index contributed by atoms with van der Waals surface area (Å²) in [5, 5.41) is 11.8. The van der Waals surface area contributed by atoms with Crippen LogP contribution in [0.1, 0.15) is 21.5 Å². The zero-order valence-corrected chi connectivity index (χ0v) is 7.83. The molecule has 2 rings (SSSR count). The van der Waals surface area contributed by atoms with Gasteiger partial charge in [-0.05, 0) is 17.7 Å². The number of amides is 1. The Bertz CT molecular complexity index is 387. The highest BCUT2D eigenvalue weighted by Crippen LogP contribution is 2.26. The molecular formula is C10H11NO3. The highest BCUT2D eigenvalue weighted by atomic mass is 16.5. The first-order valence-electron chi connectivity index (χ1n) is 4.35. The van der Waals surface area contributed by atoms with Crippen molar-refractivity contribution in [1.82, 2.24) is 5.32 Å². The summed E-state index contributed by atoms with van der Waals surface area (Å²) in [6.45, 7) is 0.417. The van der Waals surface area contributed by atoms with Crippen molar-refractivity contribution >= 4 is 5.91 Å². The number of aliphatic hydroxyl groups is 1. The van der Waals surface area contributed by atoms with E-state index in [1.54, 1.807) is 19.2 Å². The average Bonchev–Trinajstić information content (AvgIpc) is 2.58. The van der Waals surface area contributed by atoms with Gasteiger partial charge < -0.3 is 15.2 Å². The highest BCUT2D eigenvalue weighted by Gasteiger charge is 2.20. The van der Waals surface area contributed by atoms with Crippen LogP contribution in [0.5, 0.6) is 5.75 Å². The number of benzene rings is 1. The SMILES string of the molecule is COc1cc2c(cc1CO)C(=O)NC2. The Labute approximate surface area is 81.5 Å². The lowest BCUT2D eigenvalue weighted by Gasteiger charge is -2.07. The van der Waals surface area contributed by atoms with Gasteiger partial charge in [0.1, 0.15) is 5.75 Å². The number of fused-ring (bicyclic) bond motifs is 1. The minimum atomic E-state index is -0.121. The van der Waals surface area contributed by atoms with Crippen LogP contribution in [0, 0.1) is 0 Å². The lowest BCUT2D eigenvalue weighted by Crippen LogP contribution is -2.12. The quantitative estimate of drug-likeness (QED) is 0.716. The van der Waals surface area contributed by atoms with E-state index in [9.17, 15) is 4.79 Å². The molecule has 0 bridgehead atoms. The Balaban J connectivity index is 2.54. The van der Waals surface area contributed by atoms with Gasteiger partial charge in [-0.25, -0.2) is 0 Å². The van der Waals surface area contributed by atoms with Crippen LogP contribution in [0.4, 0.5) is 0 Å². The molecule has 0 saturated heterocycles. The Hall–Kier alpha value is -1.55. The number of rotatable bonds is 2. The van der Waals surface area contributed by atoms with Gasteiger partial charge in [-0.3, -0.25) is 4.79 Å². The smallest absolute Gasteiger partial charge is 0.251 e. The first-order valence-corrected chi connectivity index (χ1v) is 4.35. The second-order valence-electron chi connectivity index (χ2n) is 3.16. The maximum atomic E-state index is 11.3. The van der Waals surface area contributed by atoms with E-state index in [-0.39, 0.29) is 12.5 Å². The van der Waals surface area contributed by atoms with Gasteiger partial charge in [-0.1, -0.05) is 0 Å². The molecule has 0 fully saturated rings. The van der Waals surface area contributed by atoms with E-state index >= 15 is 0 Å². The number of nitrogens with one attached hydrogen (secondary N) is 1. The topological polar surface area (TPSA) is 58.6 Å². The van der Waals surface area contributed by atoms with Crippen LogP contribution >= 0.6 is 0 Å². The van der Waals surface area contributed by atoms with Gasteiger partial charge in [0.2, 0.25) is 0 Å². The Morgan fingerprint density at radius 3 is 3.00 bits per heavy atom. The van der Waals surface area contributed by atoms with Gasteiger partial charge >= 0.3 is 0 Å². The molecule has 0 saturated carbocycles. The predicted octanol–water partition coefficient (Wildman–Crippen LogP) is 0.431. The Morgan fingerprint density at radius 2 is 2.36 bits per heavy atom. The fourth-order valence-electron chi connectivity index (χ4n) is 1.61. The minimum absolute atomic E-state index is 0.0858. The summed E-state index contributed by atoms with van der Waals surface area (Å²) in [5.41, 5.74) is 2.20. The third-order valence-electron chi connectivity index (χ3n) is 2.36. The first kappa shape index (κ1) is 9.02.